The molecular weight excluding hydrogens is 296 g/mol. The van der Waals surface area contributed by atoms with Gasteiger partial charge in [-0.15, -0.1) is 0 Å². The van der Waals surface area contributed by atoms with Crippen molar-refractivity contribution >= 4 is 23.1 Å². The lowest BCUT2D eigenvalue weighted by molar-refractivity contribution is 0.206. The molecule has 3 rings (SSSR count). The van der Waals surface area contributed by atoms with Crippen LogP contribution in [0.2, 0.25) is 0 Å². The molecule has 1 N–H and O–H groups in total. The minimum atomic E-state index is -0.0298. The molecule has 116 valence electrons. The SMILES string of the molecule is CCOc1ccc(NC(=O)N(Cc2ccsc2)C2CC2)cc1. The summed E-state index contributed by atoms with van der Waals surface area (Å²) in [5.74, 6) is 0.817. The standard InChI is InChI=1S/C17H20N2O2S/c1-2-21-16-7-3-14(4-8-16)18-17(20)19(15-5-6-15)11-13-9-10-22-12-13/h3-4,7-10,12,15H,2,5-6,11H2,1H3,(H,18,20). The fourth-order valence-corrected chi connectivity index (χ4v) is 2.99. The van der Waals surface area contributed by atoms with Crippen LogP contribution in [0.15, 0.2) is 41.1 Å². The van der Waals surface area contributed by atoms with Gasteiger partial charge in [-0.05, 0) is 66.4 Å². The van der Waals surface area contributed by atoms with Crippen molar-refractivity contribution in [3.63, 3.8) is 0 Å². The van der Waals surface area contributed by atoms with E-state index in [-0.39, 0.29) is 6.03 Å². The highest BCUT2D eigenvalue weighted by Gasteiger charge is 2.32. The first kappa shape index (κ1) is 14.9. The molecule has 1 fully saturated rings. The van der Waals surface area contributed by atoms with E-state index in [0.717, 1.165) is 24.3 Å². The zero-order valence-corrected chi connectivity index (χ0v) is 13.4. The lowest BCUT2D eigenvalue weighted by Crippen LogP contribution is -2.36. The Kier molecular flexibility index (Phi) is 4.63. The fraction of sp³-hybridized carbons (Fsp3) is 0.353. The molecule has 2 aromatic rings. The molecule has 4 nitrogen and oxygen atoms in total. The number of anilines is 1. The third-order valence-electron chi connectivity index (χ3n) is 3.60. The van der Waals surface area contributed by atoms with Gasteiger partial charge in [-0.25, -0.2) is 4.79 Å². The molecule has 0 spiro atoms. The minimum absolute atomic E-state index is 0.0298. The lowest BCUT2D eigenvalue weighted by Gasteiger charge is -2.22. The Morgan fingerprint density at radius 3 is 2.68 bits per heavy atom. The molecule has 1 aromatic carbocycles. The van der Waals surface area contributed by atoms with Crippen molar-refractivity contribution in [1.82, 2.24) is 4.90 Å². The van der Waals surface area contributed by atoms with Crippen LogP contribution >= 0.6 is 11.3 Å². The highest BCUT2D eigenvalue weighted by molar-refractivity contribution is 7.07. The molecule has 22 heavy (non-hydrogen) atoms. The topological polar surface area (TPSA) is 41.6 Å². The van der Waals surface area contributed by atoms with E-state index >= 15 is 0 Å². The van der Waals surface area contributed by atoms with Crippen molar-refractivity contribution in [1.29, 1.82) is 0 Å². The zero-order chi connectivity index (χ0) is 15.4. The number of urea groups is 1. The first-order chi connectivity index (χ1) is 10.8. The summed E-state index contributed by atoms with van der Waals surface area (Å²) in [4.78, 5) is 14.4. The Labute approximate surface area is 134 Å². The van der Waals surface area contributed by atoms with Crippen molar-refractivity contribution in [2.75, 3.05) is 11.9 Å². The number of carbonyl (C=O) groups excluding carboxylic acids is 1. The summed E-state index contributed by atoms with van der Waals surface area (Å²) in [6, 6.07) is 9.92. The van der Waals surface area contributed by atoms with Gasteiger partial charge in [0.15, 0.2) is 0 Å². The van der Waals surface area contributed by atoms with Crippen molar-refractivity contribution in [2.45, 2.75) is 32.4 Å². The van der Waals surface area contributed by atoms with Crippen molar-refractivity contribution < 1.29 is 9.53 Å². The van der Waals surface area contributed by atoms with Crippen molar-refractivity contribution in [3.8, 4) is 5.75 Å². The third-order valence-corrected chi connectivity index (χ3v) is 4.33. The number of hydrogen-bond donors (Lipinski definition) is 1. The predicted octanol–water partition coefficient (Wildman–Crippen LogP) is 4.34. The van der Waals surface area contributed by atoms with E-state index in [2.05, 4.69) is 16.8 Å². The predicted molar refractivity (Wildman–Crippen MR) is 89.5 cm³/mol. The molecule has 1 aliphatic rings. The average Bonchev–Trinajstić information content (AvgIpc) is 3.23. The second-order valence-corrected chi connectivity index (χ2v) is 6.16. The number of carbonyl (C=O) groups is 1. The number of nitrogens with zero attached hydrogens (tertiary/aromatic N) is 1. The van der Waals surface area contributed by atoms with Crippen LogP contribution in [0, 0.1) is 0 Å². The van der Waals surface area contributed by atoms with Gasteiger partial charge in [0.2, 0.25) is 0 Å². The van der Waals surface area contributed by atoms with Gasteiger partial charge >= 0.3 is 6.03 Å². The van der Waals surface area contributed by atoms with Crippen molar-refractivity contribution in [2.24, 2.45) is 0 Å². The van der Waals surface area contributed by atoms with E-state index in [1.807, 2.05) is 41.5 Å². The molecule has 0 bridgehead atoms. The van der Waals surface area contributed by atoms with Crippen LogP contribution in [0.1, 0.15) is 25.3 Å². The number of ether oxygens (including phenoxy) is 1. The number of nitrogens with one attached hydrogen (secondary N) is 1. The highest BCUT2D eigenvalue weighted by Crippen LogP contribution is 2.29. The number of hydrogen-bond acceptors (Lipinski definition) is 3. The molecule has 0 aliphatic heterocycles. The lowest BCUT2D eigenvalue weighted by atomic mass is 10.3. The number of amides is 2. The van der Waals surface area contributed by atoms with Gasteiger partial charge in [-0.3, -0.25) is 0 Å². The monoisotopic (exact) mass is 316 g/mol. The molecule has 0 unspecified atom stereocenters. The maximum Gasteiger partial charge on any atom is 0.322 e. The molecule has 0 radical (unpaired) electrons. The maximum atomic E-state index is 12.5. The van der Waals surface area contributed by atoms with Crippen molar-refractivity contribution in [3.05, 3.63) is 46.7 Å². The smallest absolute Gasteiger partial charge is 0.322 e. The summed E-state index contributed by atoms with van der Waals surface area (Å²) in [6.07, 6.45) is 2.20. The van der Waals surface area contributed by atoms with Gasteiger partial charge in [0.25, 0.3) is 0 Å². The molecule has 1 aliphatic carbocycles. The quantitative estimate of drug-likeness (QED) is 0.861. The summed E-state index contributed by atoms with van der Waals surface area (Å²) in [5.41, 5.74) is 1.99. The maximum absolute atomic E-state index is 12.5. The second-order valence-electron chi connectivity index (χ2n) is 5.38. The minimum Gasteiger partial charge on any atom is -0.494 e. The number of benzene rings is 1. The van der Waals surface area contributed by atoms with Crippen LogP contribution in [-0.2, 0) is 6.54 Å². The van der Waals surface area contributed by atoms with E-state index in [9.17, 15) is 4.79 Å². The first-order valence-electron chi connectivity index (χ1n) is 7.58. The van der Waals surface area contributed by atoms with Crippen LogP contribution in [0.25, 0.3) is 0 Å². The van der Waals surface area contributed by atoms with Crippen LogP contribution in [0.4, 0.5) is 10.5 Å². The summed E-state index contributed by atoms with van der Waals surface area (Å²) < 4.78 is 5.41. The van der Waals surface area contributed by atoms with Crippen LogP contribution in [0.5, 0.6) is 5.75 Å². The number of rotatable bonds is 6. The summed E-state index contributed by atoms with van der Waals surface area (Å²) >= 11 is 1.66. The summed E-state index contributed by atoms with van der Waals surface area (Å²) in [5, 5.41) is 7.12. The fourth-order valence-electron chi connectivity index (χ4n) is 2.33. The number of thiophene rings is 1. The molecule has 5 heteroatoms. The molecule has 0 saturated heterocycles. The largest absolute Gasteiger partial charge is 0.494 e. The zero-order valence-electron chi connectivity index (χ0n) is 12.6. The Morgan fingerprint density at radius 2 is 2.09 bits per heavy atom. The molecule has 1 saturated carbocycles. The van der Waals surface area contributed by atoms with E-state index in [4.69, 9.17) is 4.74 Å². The van der Waals surface area contributed by atoms with Crippen LogP contribution in [0.3, 0.4) is 0 Å². The first-order valence-corrected chi connectivity index (χ1v) is 8.52. The third kappa shape index (κ3) is 3.80. The molecular formula is C17H20N2O2S. The van der Waals surface area contributed by atoms with Gasteiger partial charge in [-0.1, -0.05) is 0 Å². The molecule has 1 heterocycles. The summed E-state index contributed by atoms with van der Waals surface area (Å²) in [6.45, 7) is 3.27. The second kappa shape index (κ2) is 6.83. The van der Waals surface area contributed by atoms with Gasteiger partial charge < -0.3 is 15.0 Å². The highest BCUT2D eigenvalue weighted by atomic mass is 32.1. The molecule has 2 amide bonds. The van der Waals surface area contributed by atoms with Gasteiger partial charge in [0.05, 0.1) is 6.61 Å². The van der Waals surface area contributed by atoms with Crippen LogP contribution < -0.4 is 10.1 Å². The average molecular weight is 316 g/mol. The van der Waals surface area contributed by atoms with E-state index < -0.39 is 0 Å². The van der Waals surface area contributed by atoms with E-state index in [1.54, 1.807) is 11.3 Å². The Balaban J connectivity index is 1.63. The Hall–Kier alpha value is -2.01. The van der Waals surface area contributed by atoms with E-state index in [1.165, 1.54) is 5.56 Å². The molecule has 1 aromatic heterocycles. The Morgan fingerprint density at radius 1 is 1.32 bits per heavy atom. The van der Waals surface area contributed by atoms with Gasteiger partial charge in [-0.2, -0.15) is 11.3 Å². The van der Waals surface area contributed by atoms with Gasteiger partial charge in [0.1, 0.15) is 5.75 Å². The molecule has 0 atom stereocenters. The summed E-state index contributed by atoms with van der Waals surface area (Å²) in [7, 11) is 0. The van der Waals surface area contributed by atoms with E-state index in [0.29, 0.717) is 19.2 Å². The van der Waals surface area contributed by atoms with Crippen LogP contribution in [-0.4, -0.2) is 23.6 Å². The van der Waals surface area contributed by atoms with Gasteiger partial charge in [0, 0.05) is 18.3 Å². The Bertz CT molecular complexity index is 606. The normalized spacial score (nSPS) is 13.7.